The van der Waals surface area contributed by atoms with E-state index in [1.54, 1.807) is 18.9 Å². The number of nitrogens with one attached hydrogen (secondary N) is 3. The summed E-state index contributed by atoms with van der Waals surface area (Å²) >= 11 is 6.09. The molecule has 208 valence electrons. The molecule has 2 rings (SSSR count). The number of likely N-dealkylation sites (N-methyl/N-ethyl adjacent to an activating group) is 1. The molecule has 0 saturated carbocycles. The van der Waals surface area contributed by atoms with Crippen LogP contribution in [0.2, 0.25) is 5.02 Å². The van der Waals surface area contributed by atoms with Gasteiger partial charge in [0.05, 0.1) is 12.1 Å². The first-order valence-electron chi connectivity index (χ1n) is 11.7. The number of hydrogen-bond acceptors (Lipinski definition) is 7. The fraction of sp³-hybridized carbons (Fsp3) is 0.417. The SMILES string of the molecule is C=NN(Cc1ccc(C(F)(F)F)cc1Cl)C(=O)/C(=C(/CC)NC)N(CC)CCNC(=O)c1[nH]nc(C)c1O. The van der Waals surface area contributed by atoms with Crippen molar-refractivity contribution in [3.63, 3.8) is 0 Å². The van der Waals surface area contributed by atoms with Crippen LogP contribution in [0, 0.1) is 6.92 Å². The largest absolute Gasteiger partial charge is 0.504 e. The zero-order valence-corrected chi connectivity index (χ0v) is 22.3. The summed E-state index contributed by atoms with van der Waals surface area (Å²) in [6, 6.07) is 2.87. The van der Waals surface area contributed by atoms with Gasteiger partial charge in [-0.3, -0.25) is 14.7 Å². The van der Waals surface area contributed by atoms with Gasteiger partial charge in [0.2, 0.25) is 0 Å². The number of aromatic amines is 1. The molecule has 0 saturated heterocycles. The third-order valence-electron chi connectivity index (χ3n) is 5.76. The Labute approximate surface area is 223 Å². The Morgan fingerprint density at radius 3 is 2.45 bits per heavy atom. The third-order valence-corrected chi connectivity index (χ3v) is 6.11. The summed E-state index contributed by atoms with van der Waals surface area (Å²) in [6.45, 7) is 9.16. The Morgan fingerprint density at radius 1 is 1.29 bits per heavy atom. The molecule has 0 aliphatic carbocycles. The first-order valence-corrected chi connectivity index (χ1v) is 12.1. The van der Waals surface area contributed by atoms with Crippen LogP contribution in [0.1, 0.15) is 47.6 Å². The fourth-order valence-corrected chi connectivity index (χ4v) is 3.89. The van der Waals surface area contributed by atoms with E-state index in [1.165, 1.54) is 6.07 Å². The van der Waals surface area contributed by atoms with Crippen molar-refractivity contribution in [3.8, 4) is 5.75 Å². The Bertz CT molecular complexity index is 1190. The molecule has 38 heavy (non-hydrogen) atoms. The van der Waals surface area contributed by atoms with E-state index >= 15 is 0 Å². The number of H-pyrrole nitrogens is 1. The highest BCUT2D eigenvalue weighted by Gasteiger charge is 2.31. The Balaban J connectivity index is 2.26. The number of hydrogen-bond donors (Lipinski definition) is 4. The second-order valence-electron chi connectivity index (χ2n) is 8.11. The molecule has 2 amide bonds. The molecule has 0 atom stereocenters. The van der Waals surface area contributed by atoms with Crippen LogP contribution in [0.3, 0.4) is 0 Å². The molecule has 0 radical (unpaired) electrons. The van der Waals surface area contributed by atoms with Crippen molar-refractivity contribution in [1.82, 2.24) is 30.7 Å². The molecule has 14 heteroatoms. The Morgan fingerprint density at radius 2 is 1.97 bits per heavy atom. The number of nitrogens with zero attached hydrogens (tertiary/aromatic N) is 4. The second-order valence-corrected chi connectivity index (χ2v) is 8.51. The average molecular weight is 558 g/mol. The number of aryl methyl sites for hydroxylation is 1. The molecule has 0 bridgehead atoms. The molecule has 0 unspecified atom stereocenters. The summed E-state index contributed by atoms with van der Waals surface area (Å²) in [7, 11) is 1.66. The molecule has 1 heterocycles. The minimum absolute atomic E-state index is 0.0719. The number of carbonyl (C=O) groups is 2. The summed E-state index contributed by atoms with van der Waals surface area (Å²) in [6.07, 6.45) is -4.10. The summed E-state index contributed by atoms with van der Waals surface area (Å²) in [5.41, 5.74) is 0.398. The predicted molar refractivity (Wildman–Crippen MR) is 137 cm³/mol. The average Bonchev–Trinajstić information content (AvgIpc) is 3.21. The second kappa shape index (κ2) is 13.2. The molecule has 4 N–H and O–H groups in total. The normalized spacial score (nSPS) is 12.0. The molecule has 1 aromatic heterocycles. The molecule has 0 spiro atoms. The van der Waals surface area contributed by atoms with Gasteiger partial charge in [0.15, 0.2) is 11.4 Å². The van der Waals surface area contributed by atoms with Crippen molar-refractivity contribution in [2.75, 3.05) is 26.7 Å². The van der Waals surface area contributed by atoms with Gasteiger partial charge in [-0.25, -0.2) is 5.01 Å². The number of amides is 2. The first-order chi connectivity index (χ1) is 17.9. The van der Waals surface area contributed by atoms with Gasteiger partial charge in [0.25, 0.3) is 11.8 Å². The number of benzene rings is 1. The van der Waals surface area contributed by atoms with E-state index in [0.29, 0.717) is 18.7 Å². The lowest BCUT2D eigenvalue weighted by Gasteiger charge is -2.30. The lowest BCUT2D eigenvalue weighted by atomic mass is 10.1. The van der Waals surface area contributed by atoms with Crippen LogP contribution in [0.15, 0.2) is 34.7 Å². The van der Waals surface area contributed by atoms with Gasteiger partial charge in [-0.05, 0) is 38.0 Å². The molecule has 2 aromatic rings. The molecular formula is C24H31ClF3N7O3. The number of allylic oxidation sites excluding steroid dienone is 1. The van der Waals surface area contributed by atoms with Gasteiger partial charge in [-0.1, -0.05) is 24.6 Å². The van der Waals surface area contributed by atoms with E-state index in [-0.39, 0.29) is 53.1 Å². The van der Waals surface area contributed by atoms with E-state index in [0.717, 1.165) is 17.1 Å². The number of carbonyl (C=O) groups excluding carboxylic acids is 2. The maximum Gasteiger partial charge on any atom is 0.416 e. The van der Waals surface area contributed by atoms with E-state index < -0.39 is 23.6 Å². The number of hydrazone groups is 1. The first kappa shape index (κ1) is 30.5. The lowest BCUT2D eigenvalue weighted by Crippen LogP contribution is -2.41. The number of aromatic hydroxyl groups is 1. The van der Waals surface area contributed by atoms with Gasteiger partial charge in [-0.2, -0.15) is 23.4 Å². The maximum absolute atomic E-state index is 13.6. The summed E-state index contributed by atoms with van der Waals surface area (Å²) in [5.74, 6) is -1.37. The highest BCUT2D eigenvalue weighted by molar-refractivity contribution is 6.31. The zero-order chi connectivity index (χ0) is 28.6. The summed E-state index contributed by atoms with van der Waals surface area (Å²) in [5, 5.41) is 26.5. The Hall–Kier alpha value is -3.74. The molecule has 0 fully saturated rings. The van der Waals surface area contributed by atoms with Gasteiger partial charge in [0, 0.05) is 44.1 Å². The molecule has 10 nitrogen and oxygen atoms in total. The fourth-order valence-electron chi connectivity index (χ4n) is 3.64. The van der Waals surface area contributed by atoms with Crippen molar-refractivity contribution in [3.05, 3.63) is 57.1 Å². The van der Waals surface area contributed by atoms with Crippen LogP contribution in [0.5, 0.6) is 5.75 Å². The van der Waals surface area contributed by atoms with Gasteiger partial charge >= 0.3 is 6.18 Å². The van der Waals surface area contributed by atoms with Crippen molar-refractivity contribution in [2.45, 2.75) is 39.9 Å². The molecule has 0 aliphatic heterocycles. The maximum atomic E-state index is 13.6. The van der Waals surface area contributed by atoms with E-state index in [1.807, 2.05) is 13.8 Å². The number of alkyl halides is 3. The quantitative estimate of drug-likeness (QED) is 0.179. The van der Waals surface area contributed by atoms with Crippen LogP contribution in [0.4, 0.5) is 13.2 Å². The van der Waals surface area contributed by atoms with E-state index in [9.17, 15) is 27.9 Å². The third kappa shape index (κ3) is 7.18. The zero-order valence-electron chi connectivity index (χ0n) is 21.5. The van der Waals surface area contributed by atoms with Crippen molar-refractivity contribution < 1.29 is 27.9 Å². The lowest BCUT2D eigenvalue weighted by molar-refractivity contribution is -0.137. The Kier molecular flexibility index (Phi) is 10.6. The molecule has 1 aromatic carbocycles. The highest BCUT2D eigenvalue weighted by Crippen LogP contribution is 2.32. The predicted octanol–water partition coefficient (Wildman–Crippen LogP) is 3.63. The van der Waals surface area contributed by atoms with Crippen molar-refractivity contribution >= 4 is 30.1 Å². The van der Waals surface area contributed by atoms with Crippen molar-refractivity contribution in [1.29, 1.82) is 0 Å². The van der Waals surface area contributed by atoms with Crippen molar-refractivity contribution in [2.24, 2.45) is 5.10 Å². The standard InChI is InChI=1S/C24H31ClF3N7O3/c1-6-18(29-4)20(34(7-2)11-10-31-22(37)19-21(36)14(3)32-33-19)23(38)35(30-5)13-15-8-9-16(12-17(15)25)24(26,27)28/h8-9,12,29,36H,5-7,10-11,13H2,1-4H3,(H,31,37)(H,32,33)/b20-18+. The summed E-state index contributed by atoms with van der Waals surface area (Å²) < 4.78 is 39.0. The topological polar surface area (TPSA) is 126 Å². The number of aromatic nitrogens is 2. The number of halogens is 4. The van der Waals surface area contributed by atoms with Gasteiger partial charge in [0.1, 0.15) is 11.4 Å². The molecular weight excluding hydrogens is 527 g/mol. The highest BCUT2D eigenvalue weighted by atomic mass is 35.5. The monoisotopic (exact) mass is 557 g/mol. The number of rotatable bonds is 12. The van der Waals surface area contributed by atoms with E-state index in [2.05, 4.69) is 32.6 Å². The van der Waals surface area contributed by atoms with Crippen LogP contribution >= 0.6 is 11.6 Å². The summed E-state index contributed by atoms with van der Waals surface area (Å²) in [4.78, 5) is 27.8. The van der Waals surface area contributed by atoms with Crippen LogP contribution in [-0.2, 0) is 17.5 Å². The van der Waals surface area contributed by atoms with Crippen LogP contribution < -0.4 is 10.6 Å². The minimum atomic E-state index is -4.56. The molecule has 0 aliphatic rings. The van der Waals surface area contributed by atoms with E-state index in [4.69, 9.17) is 11.6 Å². The van der Waals surface area contributed by atoms with Gasteiger partial charge in [-0.15, -0.1) is 0 Å². The van der Waals surface area contributed by atoms with Crippen LogP contribution in [0.25, 0.3) is 0 Å². The van der Waals surface area contributed by atoms with Crippen LogP contribution in [-0.4, -0.2) is 70.4 Å². The minimum Gasteiger partial charge on any atom is -0.504 e. The van der Waals surface area contributed by atoms with Gasteiger partial charge < -0.3 is 20.6 Å². The smallest absolute Gasteiger partial charge is 0.416 e.